The lowest BCUT2D eigenvalue weighted by molar-refractivity contribution is 0.00713. The van der Waals surface area contributed by atoms with E-state index in [1.165, 1.54) is 12.0 Å². The molecule has 0 radical (unpaired) electrons. The molecular formula is C17H30N4O2. The molecule has 0 aromatic carbocycles. The number of carbonyl (C=O) groups excluding carboxylic acids is 1. The summed E-state index contributed by atoms with van der Waals surface area (Å²) in [6.45, 7) is 6.35. The first-order chi connectivity index (χ1) is 10.8. The Kier molecular flexibility index (Phi) is 5.68. The number of hydrogen-bond acceptors (Lipinski definition) is 3. The van der Waals surface area contributed by atoms with Gasteiger partial charge >= 0.3 is 6.03 Å². The highest BCUT2D eigenvalue weighted by atomic mass is 16.3. The molecule has 23 heavy (non-hydrogen) atoms. The maximum atomic E-state index is 12.0. The Morgan fingerprint density at radius 1 is 1.35 bits per heavy atom. The van der Waals surface area contributed by atoms with Crippen LogP contribution in [0.2, 0.25) is 0 Å². The van der Waals surface area contributed by atoms with Crippen molar-refractivity contribution < 1.29 is 9.90 Å². The summed E-state index contributed by atoms with van der Waals surface area (Å²) in [7, 11) is 1.93. The number of hydrogen-bond donors (Lipinski definition) is 3. The van der Waals surface area contributed by atoms with Gasteiger partial charge in [0.15, 0.2) is 0 Å². The van der Waals surface area contributed by atoms with Crippen molar-refractivity contribution in [3.05, 3.63) is 17.0 Å². The van der Waals surface area contributed by atoms with E-state index in [1.807, 2.05) is 32.5 Å². The fraction of sp³-hybridized carbons (Fsp3) is 0.765. The number of carbonyl (C=O) groups is 1. The molecule has 0 spiro atoms. The van der Waals surface area contributed by atoms with E-state index in [0.29, 0.717) is 6.54 Å². The van der Waals surface area contributed by atoms with E-state index in [4.69, 9.17) is 0 Å². The molecule has 0 aliphatic heterocycles. The summed E-state index contributed by atoms with van der Waals surface area (Å²) in [5.74, 6) is 0. The van der Waals surface area contributed by atoms with Crippen LogP contribution in [0.1, 0.15) is 56.0 Å². The van der Waals surface area contributed by atoms with Crippen LogP contribution in [0.25, 0.3) is 0 Å². The normalized spacial score (nSPS) is 18.5. The number of rotatable bonds is 5. The van der Waals surface area contributed by atoms with Crippen LogP contribution in [0.15, 0.2) is 0 Å². The Hall–Kier alpha value is -1.56. The average molecular weight is 322 g/mol. The van der Waals surface area contributed by atoms with E-state index in [2.05, 4.69) is 15.7 Å². The first kappa shape index (κ1) is 17.8. The zero-order valence-corrected chi connectivity index (χ0v) is 14.8. The van der Waals surface area contributed by atoms with Crippen LogP contribution >= 0.6 is 0 Å². The lowest BCUT2D eigenvalue weighted by Gasteiger charge is -2.32. The molecule has 6 heteroatoms. The largest absolute Gasteiger partial charge is 0.388 e. The molecule has 1 aliphatic rings. The molecule has 1 aromatic heterocycles. The maximum Gasteiger partial charge on any atom is 0.315 e. The third-order valence-corrected chi connectivity index (χ3v) is 4.91. The van der Waals surface area contributed by atoms with Gasteiger partial charge in [-0.05, 0) is 45.6 Å². The summed E-state index contributed by atoms with van der Waals surface area (Å²) in [6, 6.07) is -0.201. The third-order valence-electron chi connectivity index (χ3n) is 4.91. The lowest BCUT2D eigenvalue weighted by Crippen LogP contribution is -2.49. The monoisotopic (exact) mass is 322 g/mol. The van der Waals surface area contributed by atoms with Crippen LogP contribution in [-0.2, 0) is 13.5 Å². The van der Waals surface area contributed by atoms with Gasteiger partial charge in [0.2, 0.25) is 0 Å². The summed E-state index contributed by atoms with van der Waals surface area (Å²) in [6.07, 6.45) is 5.55. The lowest BCUT2D eigenvalue weighted by atomic mass is 9.85. The Morgan fingerprint density at radius 3 is 2.57 bits per heavy atom. The van der Waals surface area contributed by atoms with E-state index < -0.39 is 5.60 Å². The Labute approximate surface area is 138 Å². The van der Waals surface area contributed by atoms with Crippen molar-refractivity contribution in [1.29, 1.82) is 0 Å². The second-order valence-electron chi connectivity index (χ2n) is 6.99. The van der Waals surface area contributed by atoms with E-state index >= 15 is 0 Å². The molecule has 1 heterocycles. The molecule has 1 aromatic rings. The van der Waals surface area contributed by atoms with Crippen LogP contribution in [0.3, 0.4) is 0 Å². The van der Waals surface area contributed by atoms with Gasteiger partial charge in [-0.2, -0.15) is 5.10 Å². The second kappa shape index (κ2) is 7.34. The topological polar surface area (TPSA) is 79.2 Å². The summed E-state index contributed by atoms with van der Waals surface area (Å²) in [5.41, 5.74) is 2.60. The molecule has 2 amide bonds. The number of aromatic nitrogens is 2. The van der Waals surface area contributed by atoms with E-state index in [-0.39, 0.29) is 12.1 Å². The quantitative estimate of drug-likeness (QED) is 0.775. The molecule has 1 unspecified atom stereocenters. The Balaban J connectivity index is 1.80. The molecule has 0 bridgehead atoms. The molecule has 2 rings (SSSR count). The molecule has 1 saturated carbocycles. The molecular weight excluding hydrogens is 292 g/mol. The van der Waals surface area contributed by atoms with E-state index in [0.717, 1.165) is 43.5 Å². The van der Waals surface area contributed by atoms with Crippen molar-refractivity contribution in [2.45, 2.75) is 70.9 Å². The maximum absolute atomic E-state index is 12.0. The number of nitrogens with zero attached hydrogens (tertiary/aromatic N) is 2. The molecule has 6 nitrogen and oxygen atoms in total. The second-order valence-corrected chi connectivity index (χ2v) is 6.99. The number of aliphatic hydroxyl groups is 1. The first-order valence-corrected chi connectivity index (χ1v) is 8.56. The fourth-order valence-electron chi connectivity index (χ4n) is 3.38. The van der Waals surface area contributed by atoms with Crippen molar-refractivity contribution in [2.75, 3.05) is 6.54 Å². The van der Waals surface area contributed by atoms with Crippen molar-refractivity contribution in [2.24, 2.45) is 7.05 Å². The predicted octanol–water partition coefficient (Wildman–Crippen LogP) is 1.96. The van der Waals surface area contributed by atoms with E-state index in [9.17, 15) is 9.90 Å². The van der Waals surface area contributed by atoms with Gasteiger partial charge in [0, 0.05) is 25.3 Å². The highest BCUT2D eigenvalue weighted by Crippen LogP contribution is 2.27. The van der Waals surface area contributed by atoms with Gasteiger partial charge in [-0.25, -0.2) is 4.79 Å². The van der Waals surface area contributed by atoms with Gasteiger partial charge < -0.3 is 15.7 Å². The van der Waals surface area contributed by atoms with Gasteiger partial charge in [0.1, 0.15) is 0 Å². The summed E-state index contributed by atoms with van der Waals surface area (Å²) in [5, 5.41) is 20.6. The number of amides is 2. The number of urea groups is 1. The first-order valence-electron chi connectivity index (χ1n) is 8.56. The van der Waals surface area contributed by atoms with Crippen LogP contribution in [0, 0.1) is 13.8 Å². The van der Waals surface area contributed by atoms with Crippen molar-refractivity contribution >= 4 is 6.03 Å². The molecule has 130 valence electrons. The van der Waals surface area contributed by atoms with E-state index in [1.54, 1.807) is 0 Å². The SMILES string of the molecule is Cc1nn(C)c(C)c1CC(C)NC(=O)NCC1(O)CCCCC1. The summed E-state index contributed by atoms with van der Waals surface area (Å²) in [4.78, 5) is 12.0. The molecule has 0 saturated heterocycles. The molecule has 1 atom stereocenters. The van der Waals surface area contributed by atoms with Gasteiger partial charge in [-0.15, -0.1) is 0 Å². The zero-order valence-electron chi connectivity index (χ0n) is 14.8. The van der Waals surface area contributed by atoms with Gasteiger partial charge in [-0.3, -0.25) is 4.68 Å². The van der Waals surface area contributed by atoms with Crippen LogP contribution < -0.4 is 10.6 Å². The predicted molar refractivity (Wildman–Crippen MR) is 90.4 cm³/mol. The molecule has 1 aliphatic carbocycles. The van der Waals surface area contributed by atoms with Gasteiger partial charge in [-0.1, -0.05) is 19.3 Å². The van der Waals surface area contributed by atoms with Crippen LogP contribution in [0.4, 0.5) is 4.79 Å². The van der Waals surface area contributed by atoms with Crippen molar-refractivity contribution in [1.82, 2.24) is 20.4 Å². The minimum atomic E-state index is -0.727. The van der Waals surface area contributed by atoms with Crippen LogP contribution in [0.5, 0.6) is 0 Å². The summed E-state index contributed by atoms with van der Waals surface area (Å²) < 4.78 is 1.87. The fourth-order valence-corrected chi connectivity index (χ4v) is 3.38. The number of aryl methyl sites for hydroxylation is 2. The average Bonchev–Trinajstić information content (AvgIpc) is 2.72. The molecule has 1 fully saturated rings. The summed E-state index contributed by atoms with van der Waals surface area (Å²) >= 11 is 0. The van der Waals surface area contributed by atoms with Crippen molar-refractivity contribution in [3.63, 3.8) is 0 Å². The van der Waals surface area contributed by atoms with Gasteiger partial charge in [0.05, 0.1) is 11.3 Å². The van der Waals surface area contributed by atoms with Gasteiger partial charge in [0.25, 0.3) is 0 Å². The number of nitrogens with one attached hydrogen (secondary N) is 2. The highest BCUT2D eigenvalue weighted by Gasteiger charge is 2.29. The Morgan fingerprint density at radius 2 is 2.00 bits per heavy atom. The smallest absolute Gasteiger partial charge is 0.315 e. The highest BCUT2D eigenvalue weighted by molar-refractivity contribution is 5.74. The zero-order chi connectivity index (χ0) is 17.0. The Bertz CT molecular complexity index is 547. The minimum Gasteiger partial charge on any atom is -0.388 e. The van der Waals surface area contributed by atoms with Crippen LogP contribution in [-0.4, -0.2) is 39.1 Å². The third kappa shape index (κ3) is 4.70. The minimum absolute atomic E-state index is 0.0117. The molecule has 3 N–H and O–H groups in total. The standard InChI is InChI=1S/C17H30N4O2/c1-12(10-15-13(2)20-21(4)14(15)3)19-16(22)18-11-17(23)8-6-5-7-9-17/h12,23H,5-11H2,1-4H3,(H2,18,19,22). The van der Waals surface area contributed by atoms with Crippen molar-refractivity contribution in [3.8, 4) is 0 Å².